The SMILES string of the molecule is CC(O)CN(C)C(=O)c1csc(C=CC(=O)O)c1. The lowest BCUT2D eigenvalue weighted by molar-refractivity contribution is -0.131. The van der Waals surface area contributed by atoms with Gasteiger partial charge in [-0.05, 0) is 19.1 Å². The number of aliphatic hydroxyl groups excluding tert-OH is 1. The number of thiophene rings is 1. The summed E-state index contributed by atoms with van der Waals surface area (Å²) in [4.78, 5) is 24.4. The number of carbonyl (C=O) groups is 2. The first-order valence-corrected chi connectivity index (χ1v) is 6.21. The zero-order valence-corrected chi connectivity index (χ0v) is 11.0. The maximum atomic E-state index is 11.9. The van der Waals surface area contributed by atoms with Crippen molar-refractivity contribution in [3.05, 3.63) is 28.0 Å². The number of carboxylic acids is 1. The van der Waals surface area contributed by atoms with Gasteiger partial charge in [-0.15, -0.1) is 11.3 Å². The highest BCUT2D eigenvalue weighted by atomic mass is 32.1. The second-order valence-electron chi connectivity index (χ2n) is 3.94. The normalized spacial score (nSPS) is 12.6. The summed E-state index contributed by atoms with van der Waals surface area (Å²) in [6.45, 7) is 1.87. The van der Waals surface area contributed by atoms with Crippen LogP contribution < -0.4 is 0 Å². The molecule has 0 saturated carbocycles. The Bertz CT molecular complexity index is 464. The van der Waals surface area contributed by atoms with E-state index in [4.69, 9.17) is 5.11 Å². The van der Waals surface area contributed by atoms with Crippen molar-refractivity contribution in [2.24, 2.45) is 0 Å². The first-order valence-electron chi connectivity index (χ1n) is 5.33. The van der Waals surface area contributed by atoms with Crippen LogP contribution in [-0.4, -0.2) is 46.7 Å². The van der Waals surface area contributed by atoms with Crippen molar-refractivity contribution in [2.75, 3.05) is 13.6 Å². The van der Waals surface area contributed by atoms with Gasteiger partial charge in [0.2, 0.25) is 0 Å². The lowest BCUT2D eigenvalue weighted by atomic mass is 10.2. The van der Waals surface area contributed by atoms with Crippen LogP contribution in [0.5, 0.6) is 0 Å². The summed E-state index contributed by atoms with van der Waals surface area (Å²) in [5, 5.41) is 19.4. The molecule has 6 heteroatoms. The van der Waals surface area contributed by atoms with Crippen molar-refractivity contribution in [2.45, 2.75) is 13.0 Å². The molecule has 1 rings (SSSR count). The Hall–Kier alpha value is -1.66. The van der Waals surface area contributed by atoms with Crippen molar-refractivity contribution in [1.82, 2.24) is 4.90 Å². The highest BCUT2D eigenvalue weighted by Crippen LogP contribution is 2.17. The summed E-state index contributed by atoms with van der Waals surface area (Å²) in [5.41, 5.74) is 0.494. The molecule has 1 amide bonds. The molecular weight excluding hydrogens is 254 g/mol. The summed E-state index contributed by atoms with van der Waals surface area (Å²) >= 11 is 1.30. The molecule has 1 atom stereocenters. The molecule has 0 bridgehead atoms. The Balaban J connectivity index is 2.73. The molecule has 5 nitrogen and oxygen atoms in total. The molecule has 0 spiro atoms. The molecule has 0 aliphatic heterocycles. The van der Waals surface area contributed by atoms with E-state index in [2.05, 4.69) is 0 Å². The van der Waals surface area contributed by atoms with Crippen LogP contribution in [0.2, 0.25) is 0 Å². The van der Waals surface area contributed by atoms with Crippen LogP contribution in [0.1, 0.15) is 22.2 Å². The van der Waals surface area contributed by atoms with Crippen molar-refractivity contribution in [3.8, 4) is 0 Å². The third kappa shape index (κ3) is 4.31. The van der Waals surface area contributed by atoms with Crippen LogP contribution in [0.25, 0.3) is 6.08 Å². The molecule has 98 valence electrons. The molecule has 0 aromatic carbocycles. The van der Waals surface area contributed by atoms with Gasteiger partial charge < -0.3 is 15.1 Å². The van der Waals surface area contributed by atoms with Gasteiger partial charge in [-0.3, -0.25) is 4.79 Å². The Morgan fingerprint density at radius 3 is 2.78 bits per heavy atom. The minimum absolute atomic E-state index is 0.192. The maximum Gasteiger partial charge on any atom is 0.328 e. The largest absolute Gasteiger partial charge is 0.478 e. The molecule has 0 fully saturated rings. The smallest absolute Gasteiger partial charge is 0.328 e. The monoisotopic (exact) mass is 269 g/mol. The van der Waals surface area contributed by atoms with Crippen molar-refractivity contribution in [3.63, 3.8) is 0 Å². The summed E-state index contributed by atoms with van der Waals surface area (Å²) < 4.78 is 0. The Labute approximate surface area is 109 Å². The number of aliphatic carboxylic acids is 1. The van der Waals surface area contributed by atoms with Crippen molar-refractivity contribution < 1.29 is 19.8 Å². The predicted molar refractivity (Wildman–Crippen MR) is 69.6 cm³/mol. The highest BCUT2D eigenvalue weighted by molar-refractivity contribution is 7.11. The van der Waals surface area contributed by atoms with Gasteiger partial charge in [0.15, 0.2) is 0 Å². The van der Waals surface area contributed by atoms with Gasteiger partial charge in [0.1, 0.15) is 0 Å². The van der Waals surface area contributed by atoms with Crippen LogP contribution in [0.4, 0.5) is 0 Å². The van der Waals surface area contributed by atoms with Gasteiger partial charge in [-0.25, -0.2) is 4.79 Å². The van der Waals surface area contributed by atoms with Gasteiger partial charge in [-0.1, -0.05) is 0 Å². The van der Waals surface area contributed by atoms with E-state index in [1.807, 2.05) is 0 Å². The average Bonchev–Trinajstić information content (AvgIpc) is 2.72. The third-order valence-corrected chi connectivity index (χ3v) is 3.04. The van der Waals surface area contributed by atoms with Gasteiger partial charge in [0.25, 0.3) is 5.91 Å². The first kappa shape index (κ1) is 14.4. The van der Waals surface area contributed by atoms with E-state index in [1.165, 1.54) is 22.3 Å². The topological polar surface area (TPSA) is 77.8 Å². The molecule has 0 radical (unpaired) electrons. The molecule has 1 aromatic rings. The van der Waals surface area contributed by atoms with Gasteiger partial charge in [-0.2, -0.15) is 0 Å². The number of aliphatic hydroxyl groups is 1. The number of likely N-dealkylation sites (N-methyl/N-ethyl adjacent to an activating group) is 1. The quantitative estimate of drug-likeness (QED) is 0.790. The minimum atomic E-state index is -1.03. The molecule has 0 saturated heterocycles. The molecule has 2 N–H and O–H groups in total. The molecule has 0 aliphatic carbocycles. The fourth-order valence-corrected chi connectivity index (χ4v) is 2.18. The first-order chi connectivity index (χ1) is 8.40. The number of hydrogen-bond acceptors (Lipinski definition) is 4. The summed E-state index contributed by atoms with van der Waals surface area (Å²) in [5.74, 6) is -1.22. The highest BCUT2D eigenvalue weighted by Gasteiger charge is 2.14. The number of nitrogens with zero attached hydrogens (tertiary/aromatic N) is 1. The van der Waals surface area contributed by atoms with Gasteiger partial charge in [0, 0.05) is 29.9 Å². The number of amides is 1. The number of carbonyl (C=O) groups excluding carboxylic acids is 1. The van der Waals surface area contributed by atoms with E-state index in [-0.39, 0.29) is 12.5 Å². The van der Waals surface area contributed by atoms with E-state index in [0.717, 1.165) is 6.08 Å². The number of carboxylic acid groups (broad SMARTS) is 1. The maximum absolute atomic E-state index is 11.9. The van der Waals surface area contributed by atoms with Gasteiger partial charge in [0.05, 0.1) is 11.7 Å². The zero-order valence-electron chi connectivity index (χ0n) is 10.2. The molecule has 1 unspecified atom stereocenters. The Kier molecular flexibility index (Phi) is 5.06. The average molecular weight is 269 g/mol. The van der Waals surface area contributed by atoms with Crippen LogP contribution >= 0.6 is 11.3 Å². The van der Waals surface area contributed by atoms with E-state index < -0.39 is 12.1 Å². The van der Waals surface area contributed by atoms with Crippen LogP contribution in [-0.2, 0) is 4.79 Å². The fourth-order valence-electron chi connectivity index (χ4n) is 1.41. The van der Waals surface area contributed by atoms with Crippen LogP contribution in [0.15, 0.2) is 17.5 Å². The van der Waals surface area contributed by atoms with Crippen molar-refractivity contribution >= 4 is 29.3 Å². The molecule has 1 aromatic heterocycles. The number of rotatable bonds is 5. The van der Waals surface area contributed by atoms with E-state index in [9.17, 15) is 14.7 Å². The predicted octanol–water partition coefficient (Wildman–Crippen LogP) is 1.30. The summed E-state index contributed by atoms with van der Waals surface area (Å²) in [6.07, 6.45) is 1.89. The molecule has 1 heterocycles. The summed E-state index contributed by atoms with van der Waals surface area (Å²) in [7, 11) is 1.61. The number of hydrogen-bond donors (Lipinski definition) is 2. The second kappa shape index (κ2) is 6.32. The van der Waals surface area contributed by atoms with E-state index in [0.29, 0.717) is 10.4 Å². The second-order valence-corrected chi connectivity index (χ2v) is 4.89. The fraction of sp³-hybridized carbons (Fsp3) is 0.333. The third-order valence-electron chi connectivity index (χ3n) is 2.14. The Morgan fingerprint density at radius 2 is 2.22 bits per heavy atom. The van der Waals surface area contributed by atoms with E-state index >= 15 is 0 Å². The lowest BCUT2D eigenvalue weighted by Gasteiger charge is -2.17. The molecule has 0 aliphatic rings. The van der Waals surface area contributed by atoms with Crippen molar-refractivity contribution in [1.29, 1.82) is 0 Å². The van der Waals surface area contributed by atoms with E-state index in [1.54, 1.807) is 25.4 Å². The Morgan fingerprint density at radius 1 is 1.56 bits per heavy atom. The lowest BCUT2D eigenvalue weighted by Crippen LogP contribution is -2.32. The minimum Gasteiger partial charge on any atom is -0.478 e. The van der Waals surface area contributed by atoms with Crippen LogP contribution in [0, 0.1) is 0 Å². The summed E-state index contributed by atoms with van der Waals surface area (Å²) in [6, 6.07) is 1.63. The van der Waals surface area contributed by atoms with Gasteiger partial charge >= 0.3 is 5.97 Å². The standard InChI is InChI=1S/C12H15NO4S/c1-8(14)6-13(2)12(17)9-5-10(18-7-9)3-4-11(15)16/h3-5,7-8,14H,6H2,1-2H3,(H,15,16). The molecule has 18 heavy (non-hydrogen) atoms. The molecular formula is C12H15NO4S. The van der Waals surface area contributed by atoms with Crippen LogP contribution in [0.3, 0.4) is 0 Å². The zero-order chi connectivity index (χ0) is 13.7.